The molecule has 0 saturated carbocycles. The molecule has 4 nitrogen and oxygen atoms in total. The predicted molar refractivity (Wildman–Crippen MR) is 69.7 cm³/mol. The Morgan fingerprint density at radius 1 is 1.47 bits per heavy atom. The highest BCUT2D eigenvalue weighted by Gasteiger charge is 2.47. The second-order valence-corrected chi connectivity index (χ2v) is 5.27. The van der Waals surface area contributed by atoms with Crippen LogP contribution >= 0.6 is 0 Å². The van der Waals surface area contributed by atoms with Gasteiger partial charge in [-0.3, -0.25) is 0 Å². The summed E-state index contributed by atoms with van der Waals surface area (Å²) >= 11 is 0. The molecule has 1 N–H and O–H groups in total. The zero-order chi connectivity index (χ0) is 14.0. The lowest BCUT2D eigenvalue weighted by molar-refractivity contribution is -0.172. The van der Waals surface area contributed by atoms with E-state index in [9.17, 15) is 9.50 Å². The van der Waals surface area contributed by atoms with Gasteiger partial charge in [-0.25, -0.2) is 4.39 Å². The molecule has 0 amide bonds. The van der Waals surface area contributed by atoms with Gasteiger partial charge in [-0.15, -0.1) is 0 Å². The molecule has 0 radical (unpaired) electrons. The van der Waals surface area contributed by atoms with Gasteiger partial charge in [0.25, 0.3) is 0 Å². The van der Waals surface area contributed by atoms with Gasteiger partial charge in [-0.2, -0.15) is 0 Å². The van der Waals surface area contributed by atoms with E-state index in [4.69, 9.17) is 9.47 Å². The number of ether oxygens (including phenoxy) is 2. The highest BCUT2D eigenvalue weighted by molar-refractivity contribution is 5.32. The Balaban J connectivity index is 2.37. The normalized spacial score (nSPS) is 19.1. The number of benzene rings is 1. The van der Waals surface area contributed by atoms with Crippen molar-refractivity contribution in [3.8, 4) is 5.75 Å². The molecule has 1 unspecified atom stereocenters. The van der Waals surface area contributed by atoms with Crippen LogP contribution in [0.5, 0.6) is 5.75 Å². The van der Waals surface area contributed by atoms with Crippen molar-refractivity contribution in [1.29, 1.82) is 0 Å². The predicted octanol–water partition coefficient (Wildman–Crippen LogP) is 1.45. The molecule has 0 spiro atoms. The summed E-state index contributed by atoms with van der Waals surface area (Å²) in [6.07, 6.45) is 0. The van der Waals surface area contributed by atoms with Crippen LogP contribution in [0.2, 0.25) is 0 Å². The van der Waals surface area contributed by atoms with Gasteiger partial charge in [0.1, 0.15) is 0 Å². The van der Waals surface area contributed by atoms with E-state index in [2.05, 4.69) is 0 Å². The smallest absolute Gasteiger partial charge is 0.165 e. The van der Waals surface area contributed by atoms with Crippen molar-refractivity contribution < 1.29 is 19.0 Å². The zero-order valence-corrected chi connectivity index (χ0v) is 11.5. The quantitative estimate of drug-likeness (QED) is 0.878. The first-order chi connectivity index (χ1) is 9.04. The first kappa shape index (κ1) is 14.2. The van der Waals surface area contributed by atoms with Gasteiger partial charge in [0.2, 0.25) is 0 Å². The molecular formula is C14H20FNO3. The van der Waals surface area contributed by atoms with Crippen LogP contribution in [0.4, 0.5) is 4.39 Å². The molecule has 1 aliphatic heterocycles. The summed E-state index contributed by atoms with van der Waals surface area (Å²) in [5.41, 5.74) is 0.463. The maximum absolute atomic E-state index is 13.9. The molecule has 5 heteroatoms. The van der Waals surface area contributed by atoms with Crippen molar-refractivity contribution in [3.63, 3.8) is 0 Å². The maximum Gasteiger partial charge on any atom is 0.165 e. The zero-order valence-electron chi connectivity index (χ0n) is 11.5. The Morgan fingerprint density at radius 2 is 2.16 bits per heavy atom. The molecule has 1 aromatic rings. The maximum atomic E-state index is 13.9. The number of nitrogens with zero attached hydrogens (tertiary/aromatic N) is 1. The van der Waals surface area contributed by atoms with Gasteiger partial charge >= 0.3 is 0 Å². The SMILES string of the molecule is COc1ccc(C(N(C)C)C2(CO)COC2)cc1F. The Morgan fingerprint density at radius 3 is 2.53 bits per heavy atom. The summed E-state index contributed by atoms with van der Waals surface area (Å²) in [7, 11) is 5.28. The van der Waals surface area contributed by atoms with Gasteiger partial charge in [0, 0.05) is 6.04 Å². The number of rotatable bonds is 5. The second-order valence-electron chi connectivity index (χ2n) is 5.27. The average molecular weight is 269 g/mol. The summed E-state index contributed by atoms with van der Waals surface area (Å²) < 4.78 is 24.0. The molecule has 1 atom stereocenters. The van der Waals surface area contributed by atoms with Gasteiger partial charge in [0.05, 0.1) is 32.3 Å². The molecule has 0 aliphatic carbocycles. The number of aliphatic hydroxyl groups is 1. The van der Waals surface area contributed by atoms with E-state index < -0.39 is 0 Å². The van der Waals surface area contributed by atoms with E-state index in [0.717, 1.165) is 5.56 Å². The molecule has 1 saturated heterocycles. The monoisotopic (exact) mass is 269 g/mol. The minimum absolute atomic E-state index is 0.0174. The number of methoxy groups -OCH3 is 1. The van der Waals surface area contributed by atoms with E-state index in [1.807, 2.05) is 25.1 Å². The number of hydrogen-bond donors (Lipinski definition) is 1. The van der Waals surface area contributed by atoms with Gasteiger partial charge in [0.15, 0.2) is 11.6 Å². The van der Waals surface area contributed by atoms with Crippen LogP contribution in [-0.4, -0.2) is 51.0 Å². The minimum atomic E-state index is -0.389. The van der Waals surface area contributed by atoms with E-state index >= 15 is 0 Å². The fourth-order valence-electron chi connectivity index (χ4n) is 2.75. The second kappa shape index (κ2) is 5.45. The summed E-state index contributed by atoms with van der Waals surface area (Å²) in [5.74, 6) is -0.163. The standard InChI is InChI=1S/C14H20FNO3/c1-16(2)13(14(7-17)8-19-9-14)10-4-5-12(18-3)11(15)6-10/h4-6,13,17H,7-9H2,1-3H3. The third-order valence-electron chi connectivity index (χ3n) is 3.68. The molecular weight excluding hydrogens is 249 g/mol. The molecule has 106 valence electrons. The van der Waals surface area contributed by atoms with Crippen molar-refractivity contribution in [2.24, 2.45) is 5.41 Å². The van der Waals surface area contributed by atoms with Crippen LogP contribution in [0.25, 0.3) is 0 Å². The lowest BCUT2D eigenvalue weighted by atomic mass is 9.75. The van der Waals surface area contributed by atoms with Crippen LogP contribution in [0.15, 0.2) is 18.2 Å². The number of halogens is 1. The van der Waals surface area contributed by atoms with E-state index in [-0.39, 0.29) is 29.6 Å². The van der Waals surface area contributed by atoms with Crippen LogP contribution in [0, 0.1) is 11.2 Å². The van der Waals surface area contributed by atoms with E-state index in [1.54, 1.807) is 6.07 Å². The average Bonchev–Trinajstić information content (AvgIpc) is 2.33. The highest BCUT2D eigenvalue weighted by Crippen LogP contribution is 2.43. The van der Waals surface area contributed by atoms with Crippen molar-refractivity contribution in [3.05, 3.63) is 29.6 Å². The van der Waals surface area contributed by atoms with Crippen LogP contribution < -0.4 is 4.74 Å². The largest absolute Gasteiger partial charge is 0.494 e. The van der Waals surface area contributed by atoms with Gasteiger partial charge in [-0.1, -0.05) is 6.07 Å². The van der Waals surface area contributed by atoms with Gasteiger partial charge < -0.3 is 19.5 Å². The molecule has 1 aromatic carbocycles. The Labute approximate surface area is 112 Å². The lowest BCUT2D eigenvalue weighted by Gasteiger charge is -2.48. The summed E-state index contributed by atoms with van der Waals surface area (Å²) in [6.45, 7) is 0.990. The van der Waals surface area contributed by atoms with Crippen molar-refractivity contribution in [2.45, 2.75) is 6.04 Å². The number of hydrogen-bond acceptors (Lipinski definition) is 4. The van der Waals surface area contributed by atoms with E-state index in [0.29, 0.717) is 13.2 Å². The third-order valence-corrected chi connectivity index (χ3v) is 3.68. The fraction of sp³-hybridized carbons (Fsp3) is 0.571. The molecule has 19 heavy (non-hydrogen) atoms. The summed E-state index contributed by atoms with van der Waals surface area (Å²) in [4.78, 5) is 1.99. The minimum Gasteiger partial charge on any atom is -0.494 e. The van der Waals surface area contributed by atoms with E-state index in [1.165, 1.54) is 13.2 Å². The molecule has 1 aliphatic rings. The lowest BCUT2D eigenvalue weighted by Crippen LogP contribution is -2.53. The molecule has 0 aromatic heterocycles. The Kier molecular flexibility index (Phi) is 4.08. The highest BCUT2D eigenvalue weighted by atomic mass is 19.1. The van der Waals surface area contributed by atoms with Gasteiger partial charge in [-0.05, 0) is 31.8 Å². The first-order valence-corrected chi connectivity index (χ1v) is 6.22. The molecule has 2 rings (SSSR count). The van der Waals surface area contributed by atoms with Crippen molar-refractivity contribution in [2.75, 3.05) is 41.0 Å². The summed E-state index contributed by atoms with van der Waals surface area (Å²) in [6, 6.07) is 4.83. The van der Waals surface area contributed by atoms with Crippen LogP contribution in [0.1, 0.15) is 11.6 Å². The first-order valence-electron chi connectivity index (χ1n) is 6.22. The van der Waals surface area contributed by atoms with Crippen molar-refractivity contribution in [1.82, 2.24) is 4.90 Å². The summed E-state index contributed by atoms with van der Waals surface area (Å²) in [5, 5.41) is 9.66. The molecule has 0 bridgehead atoms. The fourth-order valence-corrected chi connectivity index (χ4v) is 2.75. The number of aliphatic hydroxyl groups excluding tert-OH is 1. The molecule has 1 fully saturated rings. The van der Waals surface area contributed by atoms with Crippen LogP contribution in [0.3, 0.4) is 0 Å². The van der Waals surface area contributed by atoms with Crippen LogP contribution in [-0.2, 0) is 4.74 Å². The Hall–Kier alpha value is -1.17. The third kappa shape index (κ3) is 2.45. The van der Waals surface area contributed by atoms with Crippen molar-refractivity contribution >= 4 is 0 Å². The Bertz CT molecular complexity index is 441. The molecule has 1 heterocycles. The topological polar surface area (TPSA) is 41.9 Å².